The Morgan fingerprint density at radius 2 is 2.18 bits per heavy atom. The molecule has 1 N–H and O–H groups in total. The topological polar surface area (TPSA) is 42.2 Å². The van der Waals surface area contributed by atoms with Crippen molar-refractivity contribution in [2.75, 3.05) is 0 Å². The third-order valence-corrected chi connectivity index (χ3v) is 4.25. The van der Waals surface area contributed by atoms with Crippen LogP contribution in [0.2, 0.25) is 0 Å². The van der Waals surface area contributed by atoms with E-state index in [1.165, 1.54) is 12.8 Å². The molecule has 94 valence electrons. The number of furan rings is 1. The van der Waals surface area contributed by atoms with Crippen LogP contribution in [-0.2, 0) is 0 Å². The highest BCUT2D eigenvalue weighted by Crippen LogP contribution is 2.29. The molecule has 0 aliphatic heterocycles. The van der Waals surface area contributed by atoms with Crippen LogP contribution in [-0.4, -0.2) is 11.9 Å². The molecule has 0 spiro atoms. The number of carbonyl (C=O) groups excluding carboxylic acids is 1. The van der Waals surface area contributed by atoms with E-state index in [0.717, 1.165) is 6.42 Å². The zero-order valence-corrected chi connectivity index (χ0v) is 11.8. The molecule has 1 aromatic rings. The van der Waals surface area contributed by atoms with Crippen LogP contribution in [0.25, 0.3) is 0 Å². The molecule has 0 radical (unpaired) electrons. The highest BCUT2D eigenvalue weighted by atomic mass is 79.9. The Morgan fingerprint density at radius 1 is 1.41 bits per heavy atom. The largest absolute Gasteiger partial charge is 0.444 e. The van der Waals surface area contributed by atoms with Crippen LogP contribution in [0.4, 0.5) is 0 Å². The van der Waals surface area contributed by atoms with Crippen LogP contribution in [0.5, 0.6) is 0 Å². The molecule has 1 saturated carbocycles. The summed E-state index contributed by atoms with van der Waals surface area (Å²) in [4.78, 5) is 12.0. The van der Waals surface area contributed by atoms with Gasteiger partial charge in [-0.3, -0.25) is 4.79 Å². The molecule has 0 saturated heterocycles. The lowest BCUT2D eigenvalue weighted by Gasteiger charge is -2.34. The lowest BCUT2D eigenvalue weighted by atomic mass is 9.78. The molecule has 1 aromatic heterocycles. The zero-order chi connectivity index (χ0) is 12.4. The SMILES string of the molecule is CC1CCCC(NC(=O)c2ccc(Br)o2)C1C. The van der Waals surface area contributed by atoms with Gasteiger partial charge in [-0.15, -0.1) is 0 Å². The van der Waals surface area contributed by atoms with Gasteiger partial charge in [0.15, 0.2) is 10.4 Å². The molecule has 1 heterocycles. The summed E-state index contributed by atoms with van der Waals surface area (Å²) in [5, 5.41) is 3.08. The third-order valence-electron chi connectivity index (χ3n) is 3.82. The highest BCUT2D eigenvalue weighted by Gasteiger charge is 2.28. The first-order valence-electron chi connectivity index (χ1n) is 6.14. The van der Waals surface area contributed by atoms with Gasteiger partial charge in [-0.2, -0.15) is 0 Å². The van der Waals surface area contributed by atoms with Gasteiger partial charge in [0.05, 0.1) is 0 Å². The molecular weight excluding hydrogens is 282 g/mol. The first-order chi connectivity index (χ1) is 8.08. The molecule has 3 nitrogen and oxygen atoms in total. The van der Waals surface area contributed by atoms with E-state index in [4.69, 9.17) is 4.42 Å². The second-order valence-corrected chi connectivity index (χ2v) is 5.73. The van der Waals surface area contributed by atoms with E-state index in [0.29, 0.717) is 22.3 Å². The first-order valence-corrected chi connectivity index (χ1v) is 6.93. The zero-order valence-electron chi connectivity index (χ0n) is 10.2. The molecule has 4 heteroatoms. The lowest BCUT2D eigenvalue weighted by molar-refractivity contribution is 0.0861. The number of carbonyl (C=O) groups is 1. The summed E-state index contributed by atoms with van der Waals surface area (Å²) >= 11 is 3.20. The van der Waals surface area contributed by atoms with Crippen molar-refractivity contribution in [2.24, 2.45) is 11.8 Å². The number of rotatable bonds is 2. The van der Waals surface area contributed by atoms with Crippen molar-refractivity contribution in [2.45, 2.75) is 39.2 Å². The molecule has 3 unspecified atom stereocenters. The fourth-order valence-corrected chi connectivity index (χ4v) is 2.77. The van der Waals surface area contributed by atoms with Crippen molar-refractivity contribution in [3.63, 3.8) is 0 Å². The van der Waals surface area contributed by atoms with Crippen LogP contribution < -0.4 is 5.32 Å². The van der Waals surface area contributed by atoms with Crippen molar-refractivity contribution >= 4 is 21.8 Å². The maximum Gasteiger partial charge on any atom is 0.287 e. The van der Waals surface area contributed by atoms with Gasteiger partial charge in [-0.25, -0.2) is 0 Å². The Kier molecular flexibility index (Phi) is 3.92. The molecule has 3 atom stereocenters. The van der Waals surface area contributed by atoms with Gasteiger partial charge >= 0.3 is 0 Å². The third kappa shape index (κ3) is 2.92. The maximum absolute atomic E-state index is 12.0. The number of halogens is 1. The van der Waals surface area contributed by atoms with E-state index in [1.54, 1.807) is 12.1 Å². The Morgan fingerprint density at radius 3 is 2.82 bits per heavy atom. The fraction of sp³-hybridized carbons (Fsp3) is 0.615. The van der Waals surface area contributed by atoms with E-state index in [9.17, 15) is 4.79 Å². The van der Waals surface area contributed by atoms with Crippen LogP contribution in [0.3, 0.4) is 0 Å². The predicted octanol–water partition coefficient (Wildman–Crippen LogP) is 3.60. The molecular formula is C13H18BrNO2. The second-order valence-electron chi connectivity index (χ2n) is 4.95. The number of nitrogens with one attached hydrogen (secondary N) is 1. The minimum atomic E-state index is -0.110. The maximum atomic E-state index is 12.0. The van der Waals surface area contributed by atoms with Crippen LogP contribution in [0.1, 0.15) is 43.7 Å². The Labute approximate surface area is 110 Å². The van der Waals surface area contributed by atoms with E-state index in [-0.39, 0.29) is 11.9 Å². The quantitative estimate of drug-likeness (QED) is 0.907. The molecule has 1 amide bonds. The van der Waals surface area contributed by atoms with E-state index in [2.05, 4.69) is 35.1 Å². The highest BCUT2D eigenvalue weighted by molar-refractivity contribution is 9.10. The molecule has 2 rings (SSSR count). The summed E-state index contributed by atoms with van der Waals surface area (Å²) in [5.74, 6) is 1.48. The molecule has 0 bridgehead atoms. The van der Waals surface area contributed by atoms with E-state index >= 15 is 0 Å². The van der Waals surface area contributed by atoms with Gasteiger partial charge < -0.3 is 9.73 Å². The number of hydrogen-bond acceptors (Lipinski definition) is 2. The molecule has 1 aliphatic rings. The van der Waals surface area contributed by atoms with Crippen LogP contribution >= 0.6 is 15.9 Å². The number of hydrogen-bond donors (Lipinski definition) is 1. The minimum Gasteiger partial charge on any atom is -0.444 e. The summed E-state index contributed by atoms with van der Waals surface area (Å²) in [7, 11) is 0. The summed E-state index contributed by atoms with van der Waals surface area (Å²) in [6.45, 7) is 4.47. The standard InChI is InChI=1S/C13H18BrNO2/c1-8-4-3-5-10(9(8)2)15-13(16)11-6-7-12(14)17-11/h6-10H,3-5H2,1-2H3,(H,15,16). The van der Waals surface area contributed by atoms with E-state index in [1.807, 2.05) is 0 Å². The predicted molar refractivity (Wildman–Crippen MR) is 69.8 cm³/mol. The summed E-state index contributed by atoms with van der Waals surface area (Å²) in [5.41, 5.74) is 0. The van der Waals surface area contributed by atoms with Crippen LogP contribution in [0.15, 0.2) is 21.2 Å². The Balaban J connectivity index is 1.98. The monoisotopic (exact) mass is 299 g/mol. The lowest BCUT2D eigenvalue weighted by Crippen LogP contribution is -2.43. The average molecular weight is 300 g/mol. The molecule has 0 aromatic carbocycles. The van der Waals surface area contributed by atoms with Gasteiger partial charge in [0.2, 0.25) is 0 Å². The minimum absolute atomic E-state index is 0.110. The van der Waals surface area contributed by atoms with Crippen molar-refractivity contribution < 1.29 is 9.21 Å². The molecule has 1 fully saturated rings. The van der Waals surface area contributed by atoms with Gasteiger partial charge in [-0.1, -0.05) is 26.7 Å². The van der Waals surface area contributed by atoms with Crippen LogP contribution in [0, 0.1) is 11.8 Å². The summed E-state index contributed by atoms with van der Waals surface area (Å²) < 4.78 is 5.84. The summed E-state index contributed by atoms with van der Waals surface area (Å²) in [6.07, 6.45) is 3.53. The van der Waals surface area contributed by atoms with E-state index < -0.39 is 0 Å². The second kappa shape index (κ2) is 5.25. The first kappa shape index (κ1) is 12.7. The molecule has 17 heavy (non-hydrogen) atoms. The fourth-order valence-electron chi connectivity index (χ4n) is 2.46. The van der Waals surface area contributed by atoms with Crippen molar-refractivity contribution in [3.05, 3.63) is 22.6 Å². The van der Waals surface area contributed by atoms with Crippen molar-refractivity contribution in [1.82, 2.24) is 5.32 Å². The van der Waals surface area contributed by atoms with Crippen molar-refractivity contribution in [3.8, 4) is 0 Å². The summed E-state index contributed by atoms with van der Waals surface area (Å²) in [6, 6.07) is 3.70. The normalized spacial score (nSPS) is 29.0. The molecule has 1 aliphatic carbocycles. The number of amides is 1. The van der Waals surface area contributed by atoms with Gasteiger partial charge in [0.25, 0.3) is 5.91 Å². The smallest absolute Gasteiger partial charge is 0.287 e. The Hall–Kier alpha value is -0.770. The van der Waals surface area contributed by atoms with Gasteiger partial charge in [-0.05, 0) is 46.3 Å². The van der Waals surface area contributed by atoms with Gasteiger partial charge in [0, 0.05) is 6.04 Å². The average Bonchev–Trinajstić information content (AvgIpc) is 2.72. The van der Waals surface area contributed by atoms with Crippen molar-refractivity contribution in [1.29, 1.82) is 0 Å². The Bertz CT molecular complexity index is 402. The van der Waals surface area contributed by atoms with Gasteiger partial charge in [0.1, 0.15) is 0 Å².